The highest BCUT2D eigenvalue weighted by Gasteiger charge is 2.23. The molecule has 2 aromatic carbocycles. The Morgan fingerprint density at radius 1 is 1.21 bits per heavy atom. The van der Waals surface area contributed by atoms with Crippen LogP contribution < -0.4 is 15.0 Å². The molecule has 0 fully saturated rings. The molecule has 0 saturated heterocycles. The summed E-state index contributed by atoms with van der Waals surface area (Å²) >= 11 is 0. The summed E-state index contributed by atoms with van der Waals surface area (Å²) in [6, 6.07) is 10.9. The molecule has 0 radical (unpaired) electrons. The van der Waals surface area contributed by atoms with Crippen molar-refractivity contribution in [1.82, 2.24) is 0 Å². The minimum absolute atomic E-state index is 0.0170. The van der Waals surface area contributed by atoms with Crippen LogP contribution in [-0.4, -0.2) is 43.6 Å². The highest BCUT2D eigenvalue weighted by atomic mass is 16.6. The van der Waals surface area contributed by atoms with Gasteiger partial charge in [-0.3, -0.25) is 14.9 Å². The first kappa shape index (κ1) is 21.7. The van der Waals surface area contributed by atoms with Crippen LogP contribution in [0.2, 0.25) is 0 Å². The standard InChI is InChI=1S/C20H23N3O6/c1-5-28-18-9-7-6-8-15(18)21-19(24)13(2)29-20(25)14-10-11-16(22(3)4)17(12-14)23(26)27/h6-13H,5H2,1-4H3,(H,21,24)/t13-/m1/s1. The minimum atomic E-state index is -1.12. The molecule has 9 nitrogen and oxygen atoms in total. The number of hydrogen-bond acceptors (Lipinski definition) is 7. The Hall–Kier alpha value is -3.62. The lowest BCUT2D eigenvalue weighted by Gasteiger charge is -2.16. The fraction of sp³-hybridized carbons (Fsp3) is 0.300. The van der Waals surface area contributed by atoms with Gasteiger partial charge in [-0.15, -0.1) is 0 Å². The van der Waals surface area contributed by atoms with E-state index in [0.717, 1.165) is 6.07 Å². The van der Waals surface area contributed by atoms with E-state index in [2.05, 4.69) is 5.32 Å². The number of anilines is 2. The van der Waals surface area contributed by atoms with Crippen LogP contribution in [0.1, 0.15) is 24.2 Å². The van der Waals surface area contributed by atoms with Gasteiger partial charge in [0.25, 0.3) is 11.6 Å². The molecule has 0 heterocycles. The lowest BCUT2D eigenvalue weighted by atomic mass is 10.1. The maximum atomic E-state index is 12.4. The molecule has 0 unspecified atom stereocenters. The Labute approximate surface area is 168 Å². The Morgan fingerprint density at radius 3 is 2.52 bits per heavy atom. The van der Waals surface area contributed by atoms with E-state index in [4.69, 9.17) is 9.47 Å². The zero-order valence-electron chi connectivity index (χ0n) is 16.7. The first-order chi connectivity index (χ1) is 13.7. The van der Waals surface area contributed by atoms with Crippen LogP contribution in [0.15, 0.2) is 42.5 Å². The van der Waals surface area contributed by atoms with Crippen LogP contribution >= 0.6 is 0 Å². The lowest BCUT2D eigenvalue weighted by molar-refractivity contribution is -0.384. The highest BCUT2D eigenvalue weighted by Crippen LogP contribution is 2.28. The van der Waals surface area contributed by atoms with Gasteiger partial charge in [0.2, 0.25) is 0 Å². The van der Waals surface area contributed by atoms with E-state index in [-0.39, 0.29) is 11.3 Å². The Morgan fingerprint density at radius 2 is 1.90 bits per heavy atom. The fourth-order valence-electron chi connectivity index (χ4n) is 2.54. The van der Waals surface area contributed by atoms with Crippen molar-refractivity contribution in [3.05, 3.63) is 58.1 Å². The first-order valence-electron chi connectivity index (χ1n) is 8.94. The Bertz CT molecular complexity index is 913. The number of carbonyl (C=O) groups excluding carboxylic acids is 2. The van der Waals surface area contributed by atoms with Crippen molar-refractivity contribution in [2.24, 2.45) is 0 Å². The maximum Gasteiger partial charge on any atom is 0.339 e. The number of benzene rings is 2. The highest BCUT2D eigenvalue weighted by molar-refractivity contribution is 5.98. The van der Waals surface area contributed by atoms with Crippen molar-refractivity contribution in [3.63, 3.8) is 0 Å². The second-order valence-electron chi connectivity index (χ2n) is 6.32. The Balaban J connectivity index is 2.11. The molecule has 0 aliphatic carbocycles. The van der Waals surface area contributed by atoms with E-state index in [9.17, 15) is 19.7 Å². The summed E-state index contributed by atoms with van der Waals surface area (Å²) in [5.41, 5.74) is 0.557. The van der Waals surface area contributed by atoms with Crippen LogP contribution in [0.5, 0.6) is 5.75 Å². The summed E-state index contributed by atoms with van der Waals surface area (Å²) in [5, 5.41) is 13.9. The number of hydrogen-bond donors (Lipinski definition) is 1. The van der Waals surface area contributed by atoms with Gasteiger partial charge in [0.15, 0.2) is 6.10 Å². The average Bonchev–Trinajstić information content (AvgIpc) is 2.68. The first-order valence-corrected chi connectivity index (χ1v) is 8.94. The Kier molecular flexibility index (Phi) is 7.13. The van der Waals surface area contributed by atoms with Crippen molar-refractivity contribution in [3.8, 4) is 5.75 Å². The molecule has 9 heteroatoms. The lowest BCUT2D eigenvalue weighted by Crippen LogP contribution is -2.30. The molecule has 1 amide bonds. The summed E-state index contributed by atoms with van der Waals surface area (Å²) in [4.78, 5) is 37.0. The van der Waals surface area contributed by atoms with Gasteiger partial charge in [0.05, 0.1) is 22.8 Å². The summed E-state index contributed by atoms with van der Waals surface area (Å²) in [7, 11) is 3.32. The van der Waals surface area contributed by atoms with E-state index in [1.165, 1.54) is 19.1 Å². The van der Waals surface area contributed by atoms with E-state index in [0.29, 0.717) is 23.7 Å². The van der Waals surface area contributed by atoms with E-state index < -0.39 is 22.9 Å². The molecule has 1 atom stereocenters. The van der Waals surface area contributed by atoms with Crippen molar-refractivity contribution in [2.75, 3.05) is 30.9 Å². The van der Waals surface area contributed by atoms with E-state index in [1.807, 2.05) is 6.92 Å². The zero-order chi connectivity index (χ0) is 21.6. The van der Waals surface area contributed by atoms with Gasteiger partial charge < -0.3 is 19.7 Å². The van der Waals surface area contributed by atoms with Crippen LogP contribution in [0, 0.1) is 10.1 Å². The number of nitrogens with zero attached hydrogens (tertiary/aromatic N) is 2. The largest absolute Gasteiger partial charge is 0.492 e. The smallest absolute Gasteiger partial charge is 0.339 e. The molecule has 0 aromatic heterocycles. The van der Waals surface area contributed by atoms with E-state index in [1.54, 1.807) is 43.3 Å². The molecule has 1 N–H and O–H groups in total. The van der Waals surface area contributed by atoms with Crippen molar-refractivity contribution < 1.29 is 24.0 Å². The van der Waals surface area contributed by atoms with Gasteiger partial charge >= 0.3 is 5.97 Å². The monoisotopic (exact) mass is 401 g/mol. The molecule has 0 bridgehead atoms. The zero-order valence-corrected chi connectivity index (χ0v) is 16.7. The van der Waals surface area contributed by atoms with Gasteiger partial charge in [-0.2, -0.15) is 0 Å². The normalized spacial score (nSPS) is 11.3. The summed E-state index contributed by atoms with van der Waals surface area (Å²) in [6.45, 7) is 3.67. The summed E-state index contributed by atoms with van der Waals surface area (Å²) in [5.74, 6) is -0.888. The third kappa shape index (κ3) is 5.44. The molecule has 2 rings (SSSR count). The molecule has 0 saturated carbocycles. The quantitative estimate of drug-likeness (QED) is 0.411. The number of nitro groups is 1. The predicted molar refractivity (Wildman–Crippen MR) is 109 cm³/mol. The third-order valence-electron chi connectivity index (χ3n) is 3.99. The van der Waals surface area contributed by atoms with Gasteiger partial charge in [0.1, 0.15) is 11.4 Å². The number of ether oxygens (including phenoxy) is 2. The van der Waals surface area contributed by atoms with Crippen LogP contribution in [0.4, 0.5) is 17.1 Å². The number of rotatable bonds is 8. The minimum Gasteiger partial charge on any atom is -0.492 e. The second kappa shape index (κ2) is 9.54. The molecule has 154 valence electrons. The molecule has 0 spiro atoms. The van der Waals surface area contributed by atoms with Gasteiger partial charge in [-0.1, -0.05) is 12.1 Å². The van der Waals surface area contributed by atoms with Crippen molar-refractivity contribution >= 4 is 28.9 Å². The van der Waals surface area contributed by atoms with E-state index >= 15 is 0 Å². The number of nitrogens with one attached hydrogen (secondary N) is 1. The number of esters is 1. The van der Waals surface area contributed by atoms with Gasteiger partial charge in [-0.05, 0) is 38.1 Å². The van der Waals surface area contributed by atoms with Crippen molar-refractivity contribution in [1.29, 1.82) is 0 Å². The third-order valence-corrected chi connectivity index (χ3v) is 3.99. The van der Waals surface area contributed by atoms with Crippen LogP contribution in [0.25, 0.3) is 0 Å². The number of nitro benzene ring substituents is 1. The SMILES string of the molecule is CCOc1ccccc1NC(=O)[C@@H](C)OC(=O)c1ccc(N(C)C)c([N+](=O)[O-])c1. The van der Waals surface area contributed by atoms with Crippen LogP contribution in [0.3, 0.4) is 0 Å². The number of amides is 1. The second-order valence-corrected chi connectivity index (χ2v) is 6.32. The molecular formula is C20H23N3O6. The van der Waals surface area contributed by atoms with Gasteiger partial charge in [-0.25, -0.2) is 4.79 Å². The number of carbonyl (C=O) groups is 2. The molecule has 29 heavy (non-hydrogen) atoms. The van der Waals surface area contributed by atoms with Crippen molar-refractivity contribution in [2.45, 2.75) is 20.0 Å². The predicted octanol–water partition coefficient (Wildman–Crippen LogP) is 3.24. The molecule has 0 aliphatic heterocycles. The average molecular weight is 401 g/mol. The van der Waals surface area contributed by atoms with Gasteiger partial charge in [0, 0.05) is 20.2 Å². The molecule has 0 aliphatic rings. The molecule has 2 aromatic rings. The van der Waals surface area contributed by atoms with Crippen LogP contribution in [-0.2, 0) is 9.53 Å². The topological polar surface area (TPSA) is 111 Å². The number of para-hydroxylation sites is 2. The summed E-state index contributed by atoms with van der Waals surface area (Å²) in [6.07, 6.45) is -1.12. The summed E-state index contributed by atoms with van der Waals surface area (Å²) < 4.78 is 10.6. The molecular weight excluding hydrogens is 378 g/mol. The fourth-order valence-corrected chi connectivity index (χ4v) is 2.54. The maximum absolute atomic E-state index is 12.4.